The quantitative estimate of drug-likeness (QED) is 0.441. The third-order valence-electron chi connectivity index (χ3n) is 4.58. The first-order valence-electron chi connectivity index (χ1n) is 8.35. The van der Waals surface area contributed by atoms with Gasteiger partial charge in [0.05, 0.1) is 5.56 Å². The molecule has 130 valence electrons. The van der Waals surface area contributed by atoms with Crippen molar-refractivity contribution in [2.24, 2.45) is 0 Å². The number of ether oxygens (including phenoxy) is 2. The molecular formula is C22H17ClO3. The van der Waals surface area contributed by atoms with Gasteiger partial charge in [-0.15, -0.1) is 0 Å². The lowest BCUT2D eigenvalue weighted by Crippen LogP contribution is -2.20. The molecule has 1 unspecified atom stereocenters. The fourth-order valence-electron chi connectivity index (χ4n) is 3.21. The van der Waals surface area contributed by atoms with Crippen LogP contribution in [0, 0.1) is 13.8 Å². The summed E-state index contributed by atoms with van der Waals surface area (Å²) < 4.78 is 11.5. The summed E-state index contributed by atoms with van der Waals surface area (Å²) in [7, 11) is 0. The molecule has 0 radical (unpaired) electrons. The maximum absolute atomic E-state index is 12.1. The predicted octanol–water partition coefficient (Wildman–Crippen LogP) is 5.71. The van der Waals surface area contributed by atoms with Crippen molar-refractivity contribution in [2.45, 2.75) is 18.9 Å². The lowest BCUT2D eigenvalue weighted by molar-refractivity contribution is 0.0366. The number of fused-ring (bicyclic) bond motifs is 1. The molecule has 3 aromatic carbocycles. The lowest BCUT2D eigenvalue weighted by atomic mass is 9.98. The highest BCUT2D eigenvalue weighted by Gasteiger charge is 2.45. The van der Waals surface area contributed by atoms with Gasteiger partial charge in [0.15, 0.2) is 0 Å². The summed E-state index contributed by atoms with van der Waals surface area (Å²) in [5.41, 5.74) is 3.99. The SMILES string of the molecule is Cc1cccc(C)c1Oc1ccc(C2(Cl)OC(=O)c3ccccc32)cc1. The summed E-state index contributed by atoms with van der Waals surface area (Å²) in [5.74, 6) is 1.13. The molecule has 4 rings (SSSR count). The molecule has 0 amide bonds. The van der Waals surface area contributed by atoms with Crippen LogP contribution in [-0.4, -0.2) is 5.97 Å². The smallest absolute Gasteiger partial charge is 0.340 e. The Morgan fingerprint density at radius 3 is 2.23 bits per heavy atom. The van der Waals surface area contributed by atoms with Gasteiger partial charge in [-0.05, 0) is 55.3 Å². The molecule has 1 aliphatic heterocycles. The van der Waals surface area contributed by atoms with Gasteiger partial charge in [0.1, 0.15) is 11.5 Å². The van der Waals surface area contributed by atoms with E-state index in [1.807, 2.05) is 68.4 Å². The van der Waals surface area contributed by atoms with E-state index in [1.54, 1.807) is 12.1 Å². The number of carbonyl (C=O) groups excluding carboxylic acids is 1. The number of halogens is 1. The van der Waals surface area contributed by atoms with Gasteiger partial charge in [0, 0.05) is 11.1 Å². The van der Waals surface area contributed by atoms with Gasteiger partial charge in [-0.1, -0.05) is 48.0 Å². The number of cyclic esters (lactones) is 1. The molecule has 3 aromatic rings. The van der Waals surface area contributed by atoms with Crippen LogP contribution < -0.4 is 4.74 Å². The van der Waals surface area contributed by atoms with E-state index in [0.29, 0.717) is 22.4 Å². The summed E-state index contributed by atoms with van der Waals surface area (Å²) in [6.07, 6.45) is 0. The van der Waals surface area contributed by atoms with Gasteiger partial charge in [-0.3, -0.25) is 0 Å². The first-order valence-corrected chi connectivity index (χ1v) is 8.73. The first-order chi connectivity index (χ1) is 12.5. The van der Waals surface area contributed by atoms with E-state index in [1.165, 1.54) is 0 Å². The van der Waals surface area contributed by atoms with Crippen LogP contribution >= 0.6 is 11.6 Å². The normalized spacial score (nSPS) is 18.3. The van der Waals surface area contributed by atoms with E-state index in [4.69, 9.17) is 21.1 Å². The van der Waals surface area contributed by atoms with Crippen molar-refractivity contribution in [3.63, 3.8) is 0 Å². The van der Waals surface area contributed by atoms with E-state index in [0.717, 1.165) is 16.9 Å². The van der Waals surface area contributed by atoms with Gasteiger partial charge in [-0.25, -0.2) is 4.79 Å². The molecular weight excluding hydrogens is 348 g/mol. The Labute approximate surface area is 157 Å². The highest BCUT2D eigenvalue weighted by Crippen LogP contribution is 2.45. The summed E-state index contributed by atoms with van der Waals surface area (Å²) in [6.45, 7) is 4.03. The minimum atomic E-state index is -1.30. The zero-order valence-electron chi connectivity index (χ0n) is 14.5. The molecule has 1 aliphatic rings. The summed E-state index contributed by atoms with van der Waals surface area (Å²) in [5, 5.41) is -1.30. The van der Waals surface area contributed by atoms with E-state index in [-0.39, 0.29) is 0 Å². The summed E-state index contributed by atoms with van der Waals surface area (Å²) in [6, 6.07) is 20.5. The van der Waals surface area contributed by atoms with Crippen molar-refractivity contribution in [3.8, 4) is 11.5 Å². The largest absolute Gasteiger partial charge is 0.457 e. The van der Waals surface area contributed by atoms with Gasteiger partial charge in [0.2, 0.25) is 5.06 Å². The average molecular weight is 365 g/mol. The number of alkyl halides is 1. The van der Waals surface area contributed by atoms with Gasteiger partial charge < -0.3 is 9.47 Å². The number of hydrogen-bond donors (Lipinski definition) is 0. The number of esters is 1. The predicted molar refractivity (Wildman–Crippen MR) is 101 cm³/mol. The second-order valence-electron chi connectivity index (χ2n) is 6.38. The van der Waals surface area contributed by atoms with Crippen LogP contribution in [0.2, 0.25) is 0 Å². The second-order valence-corrected chi connectivity index (χ2v) is 6.91. The molecule has 0 saturated heterocycles. The van der Waals surface area contributed by atoms with Gasteiger partial charge in [-0.2, -0.15) is 0 Å². The molecule has 3 nitrogen and oxygen atoms in total. The molecule has 1 atom stereocenters. The molecule has 0 fully saturated rings. The van der Waals surface area contributed by atoms with Gasteiger partial charge >= 0.3 is 5.97 Å². The van der Waals surface area contributed by atoms with Crippen LogP contribution in [0.4, 0.5) is 0 Å². The third-order valence-corrected chi connectivity index (χ3v) is 5.08. The van der Waals surface area contributed by atoms with Crippen LogP contribution in [0.5, 0.6) is 11.5 Å². The minimum Gasteiger partial charge on any atom is -0.457 e. The van der Waals surface area contributed by atoms with Crippen molar-refractivity contribution >= 4 is 17.6 Å². The van der Waals surface area contributed by atoms with E-state index >= 15 is 0 Å². The maximum Gasteiger partial charge on any atom is 0.340 e. The summed E-state index contributed by atoms with van der Waals surface area (Å²) in [4.78, 5) is 12.1. The molecule has 26 heavy (non-hydrogen) atoms. The van der Waals surface area contributed by atoms with Crippen molar-refractivity contribution in [2.75, 3.05) is 0 Å². The Morgan fingerprint density at radius 2 is 1.54 bits per heavy atom. The van der Waals surface area contributed by atoms with Crippen LogP contribution in [0.15, 0.2) is 66.7 Å². The van der Waals surface area contributed by atoms with Crippen LogP contribution in [0.1, 0.15) is 32.6 Å². The van der Waals surface area contributed by atoms with Crippen molar-refractivity contribution in [1.29, 1.82) is 0 Å². The Balaban J connectivity index is 1.66. The average Bonchev–Trinajstić information content (AvgIpc) is 2.91. The fraction of sp³-hybridized carbons (Fsp3) is 0.136. The zero-order chi connectivity index (χ0) is 18.3. The van der Waals surface area contributed by atoms with Crippen LogP contribution in [0.25, 0.3) is 0 Å². The third kappa shape index (κ3) is 2.65. The number of carbonyl (C=O) groups is 1. The topological polar surface area (TPSA) is 35.5 Å². The zero-order valence-corrected chi connectivity index (χ0v) is 15.2. The van der Waals surface area contributed by atoms with Gasteiger partial charge in [0.25, 0.3) is 0 Å². The first kappa shape index (κ1) is 16.7. The number of hydrogen-bond acceptors (Lipinski definition) is 3. The Hall–Kier alpha value is -2.78. The number of benzene rings is 3. The highest BCUT2D eigenvalue weighted by molar-refractivity contribution is 6.27. The Morgan fingerprint density at radius 1 is 0.885 bits per heavy atom. The number of para-hydroxylation sites is 1. The molecule has 0 spiro atoms. The molecule has 0 aromatic heterocycles. The Bertz CT molecular complexity index is 974. The summed E-state index contributed by atoms with van der Waals surface area (Å²) >= 11 is 6.70. The molecule has 0 aliphatic carbocycles. The fourth-order valence-corrected chi connectivity index (χ4v) is 3.57. The molecule has 0 bridgehead atoms. The van der Waals surface area contributed by atoms with Crippen molar-refractivity contribution in [3.05, 3.63) is 94.5 Å². The van der Waals surface area contributed by atoms with E-state index < -0.39 is 11.0 Å². The standard InChI is InChI=1S/C22H17ClO3/c1-14-6-5-7-15(2)20(14)25-17-12-10-16(11-13-17)22(23)19-9-4-3-8-18(19)21(24)26-22/h3-13H,1-2H3. The molecule has 0 saturated carbocycles. The van der Waals surface area contributed by atoms with E-state index in [9.17, 15) is 4.79 Å². The Kier molecular flexibility index (Phi) is 3.97. The van der Waals surface area contributed by atoms with Crippen molar-refractivity contribution in [1.82, 2.24) is 0 Å². The molecule has 0 N–H and O–H groups in total. The highest BCUT2D eigenvalue weighted by atomic mass is 35.5. The van der Waals surface area contributed by atoms with Crippen LogP contribution in [-0.2, 0) is 9.80 Å². The molecule has 4 heteroatoms. The van der Waals surface area contributed by atoms with E-state index in [2.05, 4.69) is 0 Å². The minimum absolute atomic E-state index is 0.411. The molecule has 1 heterocycles. The van der Waals surface area contributed by atoms with Crippen molar-refractivity contribution < 1.29 is 14.3 Å². The lowest BCUT2D eigenvalue weighted by Gasteiger charge is -2.22. The number of aryl methyl sites for hydroxylation is 2. The second kappa shape index (κ2) is 6.19. The maximum atomic E-state index is 12.1. The van der Waals surface area contributed by atoms with Crippen LogP contribution in [0.3, 0.4) is 0 Å². The monoisotopic (exact) mass is 364 g/mol. The number of rotatable bonds is 3.